The molecule has 2 aliphatic rings. The van der Waals surface area contributed by atoms with Gasteiger partial charge in [0.2, 0.25) is 11.8 Å². The first kappa shape index (κ1) is 20.9. The van der Waals surface area contributed by atoms with Crippen LogP contribution in [0.4, 0.5) is 0 Å². The number of carbonyl (C=O) groups is 2. The van der Waals surface area contributed by atoms with E-state index >= 15 is 0 Å². The Kier molecular flexibility index (Phi) is 6.43. The molecule has 158 valence electrons. The molecule has 2 fully saturated rings. The highest BCUT2D eigenvalue weighted by atomic mass is 35.5. The standard InChI is InChI=1S/C25H29ClN2O2/c26-22-11-5-10-21(19-22)25(13-6-14-25)24(30)28-17-15-27(16-18-28)23(29)12-4-9-20-7-2-1-3-8-20/h1-3,5,7-8,10-11,19H,4,6,9,12-18H2. The molecule has 0 aromatic heterocycles. The molecule has 1 heterocycles. The maximum atomic E-state index is 13.4. The van der Waals surface area contributed by atoms with Gasteiger partial charge in [0, 0.05) is 37.6 Å². The summed E-state index contributed by atoms with van der Waals surface area (Å²) in [5.41, 5.74) is 1.88. The van der Waals surface area contributed by atoms with Crippen molar-refractivity contribution in [2.24, 2.45) is 0 Å². The van der Waals surface area contributed by atoms with Crippen LogP contribution in [0.5, 0.6) is 0 Å². The quantitative estimate of drug-likeness (QED) is 0.687. The fourth-order valence-corrected chi connectivity index (χ4v) is 4.84. The number of amides is 2. The van der Waals surface area contributed by atoms with Crippen molar-refractivity contribution in [3.05, 3.63) is 70.7 Å². The molecule has 5 heteroatoms. The summed E-state index contributed by atoms with van der Waals surface area (Å²) in [5.74, 6) is 0.401. The zero-order valence-corrected chi connectivity index (χ0v) is 18.1. The molecule has 1 saturated carbocycles. The number of aryl methyl sites for hydroxylation is 1. The summed E-state index contributed by atoms with van der Waals surface area (Å²) in [4.78, 5) is 29.9. The van der Waals surface area contributed by atoms with E-state index in [0.29, 0.717) is 37.6 Å². The zero-order chi connectivity index (χ0) is 21.0. The zero-order valence-electron chi connectivity index (χ0n) is 17.4. The van der Waals surface area contributed by atoms with Gasteiger partial charge in [0.25, 0.3) is 0 Å². The maximum Gasteiger partial charge on any atom is 0.233 e. The van der Waals surface area contributed by atoms with Crippen LogP contribution in [0.3, 0.4) is 0 Å². The Hall–Kier alpha value is -2.33. The van der Waals surface area contributed by atoms with Gasteiger partial charge >= 0.3 is 0 Å². The Morgan fingerprint density at radius 3 is 2.23 bits per heavy atom. The molecule has 4 rings (SSSR count). The second-order valence-corrected chi connectivity index (χ2v) is 8.89. The third-order valence-electron chi connectivity index (χ3n) is 6.61. The highest BCUT2D eigenvalue weighted by Gasteiger charge is 2.48. The van der Waals surface area contributed by atoms with Crippen molar-refractivity contribution in [1.82, 2.24) is 9.80 Å². The Bertz CT molecular complexity index is 887. The van der Waals surface area contributed by atoms with Crippen LogP contribution in [-0.4, -0.2) is 47.8 Å². The third kappa shape index (κ3) is 4.39. The minimum atomic E-state index is -0.424. The predicted molar refractivity (Wildman–Crippen MR) is 120 cm³/mol. The summed E-state index contributed by atoms with van der Waals surface area (Å²) in [5, 5.41) is 0.678. The van der Waals surface area contributed by atoms with Gasteiger partial charge < -0.3 is 9.80 Å². The Labute approximate surface area is 183 Å². The fourth-order valence-electron chi connectivity index (χ4n) is 4.65. The SMILES string of the molecule is O=C(CCCc1ccccc1)N1CCN(C(=O)C2(c3cccc(Cl)c3)CCC2)CC1. The minimum absolute atomic E-state index is 0.200. The van der Waals surface area contributed by atoms with Crippen molar-refractivity contribution in [3.8, 4) is 0 Å². The van der Waals surface area contributed by atoms with Gasteiger partial charge in [-0.1, -0.05) is 60.5 Å². The summed E-state index contributed by atoms with van der Waals surface area (Å²) >= 11 is 6.19. The molecule has 4 nitrogen and oxygen atoms in total. The summed E-state index contributed by atoms with van der Waals surface area (Å²) in [6.45, 7) is 2.49. The van der Waals surface area contributed by atoms with Crippen molar-refractivity contribution in [3.63, 3.8) is 0 Å². The Balaban J connectivity index is 1.29. The van der Waals surface area contributed by atoms with Crippen molar-refractivity contribution in [2.45, 2.75) is 43.9 Å². The number of halogens is 1. The smallest absolute Gasteiger partial charge is 0.233 e. The molecule has 1 aliphatic carbocycles. The van der Waals surface area contributed by atoms with E-state index in [1.807, 2.05) is 52.3 Å². The number of hydrogen-bond acceptors (Lipinski definition) is 2. The lowest BCUT2D eigenvalue weighted by Gasteiger charge is -2.46. The van der Waals surface area contributed by atoms with Crippen molar-refractivity contribution in [2.75, 3.05) is 26.2 Å². The summed E-state index contributed by atoms with van der Waals surface area (Å²) in [7, 11) is 0. The molecule has 2 amide bonds. The summed E-state index contributed by atoms with van der Waals surface area (Å²) in [6, 6.07) is 18.0. The van der Waals surface area contributed by atoms with Crippen LogP contribution in [-0.2, 0) is 21.4 Å². The normalized spacial score (nSPS) is 18.0. The van der Waals surface area contributed by atoms with Crippen LogP contribution < -0.4 is 0 Å². The van der Waals surface area contributed by atoms with Crippen LogP contribution in [0, 0.1) is 0 Å². The van der Waals surface area contributed by atoms with Crippen molar-refractivity contribution >= 4 is 23.4 Å². The largest absolute Gasteiger partial charge is 0.339 e. The molecule has 0 atom stereocenters. The number of benzene rings is 2. The van der Waals surface area contributed by atoms with Crippen LogP contribution in [0.25, 0.3) is 0 Å². The molecule has 1 saturated heterocycles. The lowest BCUT2D eigenvalue weighted by atomic mass is 9.63. The van der Waals surface area contributed by atoms with Gasteiger partial charge in [-0.25, -0.2) is 0 Å². The molecule has 0 spiro atoms. The lowest BCUT2D eigenvalue weighted by Crippen LogP contribution is -2.57. The number of rotatable bonds is 6. The second-order valence-electron chi connectivity index (χ2n) is 8.46. The van der Waals surface area contributed by atoms with E-state index < -0.39 is 5.41 Å². The molecule has 30 heavy (non-hydrogen) atoms. The molecule has 0 unspecified atom stereocenters. The van der Waals surface area contributed by atoms with Crippen molar-refractivity contribution in [1.29, 1.82) is 0 Å². The number of carbonyl (C=O) groups excluding carboxylic acids is 2. The lowest BCUT2D eigenvalue weighted by molar-refractivity contribution is -0.146. The van der Waals surface area contributed by atoms with Crippen LogP contribution in [0.15, 0.2) is 54.6 Å². The maximum absolute atomic E-state index is 13.4. The molecule has 1 aliphatic heterocycles. The van der Waals surface area contributed by atoms with Crippen molar-refractivity contribution < 1.29 is 9.59 Å². The van der Waals surface area contributed by atoms with Gasteiger partial charge in [-0.05, 0) is 48.9 Å². The van der Waals surface area contributed by atoms with E-state index in [4.69, 9.17) is 11.6 Å². The highest BCUT2D eigenvalue weighted by molar-refractivity contribution is 6.30. The molecule has 2 aromatic rings. The molecule has 0 radical (unpaired) electrons. The van der Waals surface area contributed by atoms with Crippen LogP contribution in [0.2, 0.25) is 5.02 Å². The average molecular weight is 425 g/mol. The molecule has 0 bridgehead atoms. The second kappa shape index (κ2) is 9.22. The van der Waals surface area contributed by atoms with E-state index in [9.17, 15) is 9.59 Å². The molecular formula is C25H29ClN2O2. The number of hydrogen-bond donors (Lipinski definition) is 0. The molecule has 0 N–H and O–H groups in total. The van der Waals surface area contributed by atoms with Gasteiger partial charge in [0.1, 0.15) is 0 Å². The first-order chi connectivity index (χ1) is 14.6. The Morgan fingerprint density at radius 2 is 1.60 bits per heavy atom. The topological polar surface area (TPSA) is 40.6 Å². The van der Waals surface area contributed by atoms with Crippen LogP contribution >= 0.6 is 11.6 Å². The first-order valence-corrected chi connectivity index (χ1v) is 11.3. The summed E-state index contributed by atoms with van der Waals surface area (Å²) in [6.07, 6.45) is 5.18. The first-order valence-electron chi connectivity index (χ1n) is 11.0. The van der Waals surface area contributed by atoms with E-state index in [0.717, 1.165) is 37.7 Å². The average Bonchev–Trinajstić information content (AvgIpc) is 2.74. The number of nitrogens with zero attached hydrogens (tertiary/aromatic N) is 2. The van der Waals surface area contributed by atoms with E-state index in [1.54, 1.807) is 0 Å². The monoisotopic (exact) mass is 424 g/mol. The van der Waals surface area contributed by atoms with Gasteiger partial charge in [-0.3, -0.25) is 9.59 Å². The fraction of sp³-hybridized carbons (Fsp3) is 0.440. The van der Waals surface area contributed by atoms with Gasteiger partial charge in [-0.15, -0.1) is 0 Å². The highest BCUT2D eigenvalue weighted by Crippen LogP contribution is 2.45. The van der Waals surface area contributed by atoms with Gasteiger partial charge in [0.15, 0.2) is 0 Å². The van der Waals surface area contributed by atoms with E-state index in [-0.39, 0.29) is 11.8 Å². The van der Waals surface area contributed by atoms with E-state index in [2.05, 4.69) is 12.1 Å². The van der Waals surface area contributed by atoms with E-state index in [1.165, 1.54) is 5.56 Å². The molecule has 2 aromatic carbocycles. The predicted octanol–water partition coefficient (Wildman–Crippen LogP) is 4.46. The third-order valence-corrected chi connectivity index (χ3v) is 6.85. The Morgan fingerprint density at radius 1 is 0.900 bits per heavy atom. The number of piperazine rings is 1. The summed E-state index contributed by atoms with van der Waals surface area (Å²) < 4.78 is 0. The van der Waals surface area contributed by atoms with Gasteiger partial charge in [0.05, 0.1) is 5.41 Å². The van der Waals surface area contributed by atoms with Gasteiger partial charge in [-0.2, -0.15) is 0 Å². The molecular weight excluding hydrogens is 396 g/mol. The van der Waals surface area contributed by atoms with Crippen LogP contribution in [0.1, 0.15) is 43.2 Å². The minimum Gasteiger partial charge on any atom is -0.339 e.